The van der Waals surface area contributed by atoms with Gasteiger partial charge in [0.1, 0.15) is 0 Å². The predicted octanol–water partition coefficient (Wildman–Crippen LogP) is 1.92. The van der Waals surface area contributed by atoms with Crippen molar-refractivity contribution in [2.24, 2.45) is 0 Å². The van der Waals surface area contributed by atoms with Gasteiger partial charge >= 0.3 is 0 Å². The van der Waals surface area contributed by atoms with Crippen LogP contribution in [-0.2, 0) is 6.54 Å². The second-order valence-electron chi connectivity index (χ2n) is 3.97. The molecule has 3 N–H and O–H groups in total. The Morgan fingerprint density at radius 2 is 2.33 bits per heavy atom. The number of rotatable bonds is 3. The topological polar surface area (TPSA) is 75.0 Å². The van der Waals surface area contributed by atoms with Crippen molar-refractivity contribution in [3.8, 4) is 0 Å². The summed E-state index contributed by atoms with van der Waals surface area (Å²) in [6.45, 7) is 0.460. The second-order valence-corrected chi connectivity index (χ2v) is 4.38. The maximum Gasteiger partial charge on any atom is 0.256 e. The average Bonchev–Trinajstić information content (AvgIpc) is 2.84. The zero-order valence-corrected chi connectivity index (χ0v) is 10.6. The maximum atomic E-state index is 12.2. The third kappa shape index (κ3) is 2.46. The van der Waals surface area contributed by atoms with Crippen LogP contribution in [-0.4, -0.2) is 28.1 Å². The van der Waals surface area contributed by atoms with Gasteiger partial charge in [-0.15, -0.1) is 0 Å². The number of hydrogen-bond donors (Lipinski definition) is 2. The number of nitrogen functional groups attached to an aromatic ring is 1. The van der Waals surface area contributed by atoms with Crippen LogP contribution in [0.2, 0.25) is 5.02 Å². The molecule has 0 saturated carbocycles. The summed E-state index contributed by atoms with van der Waals surface area (Å²) >= 11 is 5.89. The van der Waals surface area contributed by atoms with E-state index in [2.05, 4.69) is 10.2 Å². The number of carbonyl (C=O) groups is 1. The Morgan fingerprint density at radius 1 is 1.56 bits per heavy atom. The quantitative estimate of drug-likeness (QED) is 0.832. The zero-order valence-electron chi connectivity index (χ0n) is 9.85. The van der Waals surface area contributed by atoms with E-state index in [0.29, 0.717) is 22.8 Å². The van der Waals surface area contributed by atoms with Gasteiger partial charge in [0.15, 0.2) is 0 Å². The molecule has 94 valence electrons. The van der Waals surface area contributed by atoms with Crippen LogP contribution >= 0.6 is 11.6 Å². The minimum absolute atomic E-state index is 0.170. The summed E-state index contributed by atoms with van der Waals surface area (Å²) in [7, 11) is 1.70. The molecule has 5 nitrogen and oxygen atoms in total. The van der Waals surface area contributed by atoms with Crippen molar-refractivity contribution in [1.82, 2.24) is 15.1 Å². The summed E-state index contributed by atoms with van der Waals surface area (Å²) in [6.07, 6.45) is 3.41. The van der Waals surface area contributed by atoms with Gasteiger partial charge in [0.05, 0.1) is 22.5 Å². The summed E-state index contributed by atoms with van der Waals surface area (Å²) in [5, 5.41) is 6.92. The lowest BCUT2D eigenvalue weighted by atomic mass is 10.1. The lowest BCUT2D eigenvalue weighted by molar-refractivity contribution is 0.0786. The maximum absolute atomic E-state index is 12.2. The molecule has 0 fully saturated rings. The van der Waals surface area contributed by atoms with Crippen LogP contribution < -0.4 is 5.73 Å². The molecule has 6 heteroatoms. The molecule has 1 aromatic carbocycles. The van der Waals surface area contributed by atoms with Crippen LogP contribution in [0.4, 0.5) is 5.69 Å². The molecule has 1 amide bonds. The van der Waals surface area contributed by atoms with E-state index in [1.165, 1.54) is 0 Å². The molecule has 0 spiro atoms. The van der Waals surface area contributed by atoms with Gasteiger partial charge in [-0.25, -0.2) is 0 Å². The standard InChI is InChI=1S/C12H13ClN4O/c1-17(7-8-5-15-16-6-8)12(18)9-3-2-4-10(13)11(9)14/h2-6H,7,14H2,1H3,(H,15,16). The first-order valence-electron chi connectivity index (χ1n) is 5.36. The fourth-order valence-corrected chi connectivity index (χ4v) is 1.81. The SMILES string of the molecule is CN(Cc1cn[nH]c1)C(=O)c1cccc(Cl)c1N. The first kappa shape index (κ1) is 12.4. The van der Waals surface area contributed by atoms with E-state index >= 15 is 0 Å². The van der Waals surface area contributed by atoms with Crippen LogP contribution in [0.1, 0.15) is 15.9 Å². The van der Waals surface area contributed by atoms with E-state index in [9.17, 15) is 4.79 Å². The third-order valence-corrected chi connectivity index (χ3v) is 2.93. The number of halogens is 1. The number of benzene rings is 1. The highest BCUT2D eigenvalue weighted by molar-refractivity contribution is 6.33. The van der Waals surface area contributed by atoms with Gasteiger partial charge in [-0.05, 0) is 12.1 Å². The van der Waals surface area contributed by atoms with Crippen molar-refractivity contribution in [3.63, 3.8) is 0 Å². The van der Waals surface area contributed by atoms with E-state index < -0.39 is 0 Å². The number of aromatic nitrogens is 2. The molecule has 0 saturated heterocycles. The molecule has 0 bridgehead atoms. The smallest absolute Gasteiger partial charge is 0.256 e. The molecule has 0 atom stereocenters. The summed E-state index contributed by atoms with van der Waals surface area (Å²) in [6, 6.07) is 5.02. The minimum atomic E-state index is -0.170. The van der Waals surface area contributed by atoms with Crippen molar-refractivity contribution in [2.45, 2.75) is 6.54 Å². The first-order valence-corrected chi connectivity index (χ1v) is 5.74. The van der Waals surface area contributed by atoms with E-state index in [0.717, 1.165) is 5.56 Å². The van der Waals surface area contributed by atoms with Gasteiger partial charge in [0.2, 0.25) is 0 Å². The van der Waals surface area contributed by atoms with Crippen LogP contribution in [0.15, 0.2) is 30.6 Å². The Hall–Kier alpha value is -2.01. The Balaban J connectivity index is 2.18. The predicted molar refractivity (Wildman–Crippen MR) is 70.2 cm³/mol. The molecular weight excluding hydrogens is 252 g/mol. The number of H-pyrrole nitrogens is 1. The van der Waals surface area contributed by atoms with Crippen molar-refractivity contribution in [2.75, 3.05) is 12.8 Å². The highest BCUT2D eigenvalue weighted by atomic mass is 35.5. The molecule has 0 aliphatic carbocycles. The molecule has 0 aliphatic rings. The summed E-state index contributed by atoms with van der Waals surface area (Å²) < 4.78 is 0. The van der Waals surface area contributed by atoms with Crippen molar-refractivity contribution >= 4 is 23.2 Å². The Labute approximate surface area is 110 Å². The third-order valence-electron chi connectivity index (χ3n) is 2.60. The van der Waals surface area contributed by atoms with Gasteiger partial charge in [0, 0.05) is 25.4 Å². The summed E-state index contributed by atoms with van der Waals surface area (Å²) in [5.41, 5.74) is 7.44. The second kappa shape index (κ2) is 5.10. The number of anilines is 1. The number of amides is 1. The van der Waals surface area contributed by atoms with Crippen molar-refractivity contribution in [1.29, 1.82) is 0 Å². The molecule has 1 heterocycles. The molecule has 2 aromatic rings. The van der Waals surface area contributed by atoms with Gasteiger partial charge in [-0.3, -0.25) is 9.89 Å². The van der Waals surface area contributed by atoms with E-state index in [1.807, 2.05) is 0 Å². The Kier molecular flexibility index (Phi) is 3.53. The molecule has 0 radical (unpaired) electrons. The fraction of sp³-hybridized carbons (Fsp3) is 0.167. The zero-order chi connectivity index (χ0) is 13.1. The summed E-state index contributed by atoms with van der Waals surface area (Å²) in [5.74, 6) is -0.170. The lowest BCUT2D eigenvalue weighted by Gasteiger charge is -2.17. The molecule has 1 aromatic heterocycles. The van der Waals surface area contributed by atoms with Crippen molar-refractivity contribution in [3.05, 3.63) is 46.7 Å². The summed E-state index contributed by atoms with van der Waals surface area (Å²) in [4.78, 5) is 13.8. The number of hydrogen-bond acceptors (Lipinski definition) is 3. The molecule has 2 rings (SSSR count). The molecule has 18 heavy (non-hydrogen) atoms. The van der Waals surface area contributed by atoms with Crippen molar-refractivity contribution < 1.29 is 4.79 Å². The van der Waals surface area contributed by atoms with E-state index in [4.69, 9.17) is 17.3 Å². The highest BCUT2D eigenvalue weighted by Gasteiger charge is 2.16. The number of nitrogens with one attached hydrogen (secondary N) is 1. The minimum Gasteiger partial charge on any atom is -0.397 e. The van der Waals surface area contributed by atoms with Crippen LogP contribution in [0, 0.1) is 0 Å². The molecular formula is C12H13ClN4O. The lowest BCUT2D eigenvalue weighted by Crippen LogP contribution is -2.26. The number of aromatic amines is 1. The van der Waals surface area contributed by atoms with E-state index in [1.54, 1.807) is 42.5 Å². The first-order chi connectivity index (χ1) is 8.59. The fourth-order valence-electron chi connectivity index (χ4n) is 1.64. The molecule has 0 aliphatic heterocycles. The largest absolute Gasteiger partial charge is 0.397 e. The van der Waals surface area contributed by atoms with Gasteiger partial charge in [0.25, 0.3) is 5.91 Å². The van der Waals surface area contributed by atoms with Gasteiger partial charge < -0.3 is 10.6 Å². The monoisotopic (exact) mass is 264 g/mol. The normalized spacial score (nSPS) is 10.3. The van der Waals surface area contributed by atoms with Crippen LogP contribution in [0.3, 0.4) is 0 Å². The van der Waals surface area contributed by atoms with Crippen LogP contribution in [0.25, 0.3) is 0 Å². The Morgan fingerprint density at radius 3 is 3.00 bits per heavy atom. The number of nitrogens with two attached hydrogens (primary N) is 1. The Bertz CT molecular complexity index is 553. The van der Waals surface area contributed by atoms with Gasteiger partial charge in [-0.1, -0.05) is 17.7 Å². The van der Waals surface area contributed by atoms with Gasteiger partial charge in [-0.2, -0.15) is 5.10 Å². The number of para-hydroxylation sites is 1. The van der Waals surface area contributed by atoms with E-state index in [-0.39, 0.29) is 5.91 Å². The number of nitrogens with zero attached hydrogens (tertiary/aromatic N) is 2. The van der Waals surface area contributed by atoms with Crippen LogP contribution in [0.5, 0.6) is 0 Å². The highest BCUT2D eigenvalue weighted by Crippen LogP contribution is 2.23. The number of carbonyl (C=O) groups excluding carboxylic acids is 1. The molecule has 0 unspecified atom stereocenters. The average molecular weight is 265 g/mol.